The molecule has 2 aliphatic heterocycles. The van der Waals surface area contributed by atoms with Crippen molar-refractivity contribution in [2.75, 3.05) is 44.3 Å². The van der Waals surface area contributed by atoms with Crippen LogP contribution in [0.5, 0.6) is 11.5 Å². The predicted octanol–water partition coefficient (Wildman–Crippen LogP) is 0.759. The average molecular weight is 362 g/mol. The molecule has 4 rings (SSSR count). The summed E-state index contributed by atoms with van der Waals surface area (Å²) in [5.74, 6) is 1.68. The van der Waals surface area contributed by atoms with Crippen LogP contribution in [0.2, 0.25) is 0 Å². The van der Waals surface area contributed by atoms with E-state index in [2.05, 4.69) is 9.97 Å². The van der Waals surface area contributed by atoms with Crippen molar-refractivity contribution in [2.24, 2.45) is 0 Å². The molecule has 25 heavy (non-hydrogen) atoms. The zero-order valence-corrected chi connectivity index (χ0v) is 14.4. The van der Waals surface area contributed by atoms with E-state index in [1.807, 2.05) is 4.90 Å². The van der Waals surface area contributed by atoms with Crippen molar-refractivity contribution in [3.8, 4) is 11.5 Å². The summed E-state index contributed by atoms with van der Waals surface area (Å²) in [7, 11) is -3.57. The SMILES string of the molecule is O=S(=O)(c1ccc2c(c1)OCCO2)N1CCN(c2ncccn2)CC1. The van der Waals surface area contributed by atoms with Crippen LogP contribution in [-0.2, 0) is 10.0 Å². The van der Waals surface area contributed by atoms with Gasteiger partial charge in [0, 0.05) is 44.6 Å². The number of aromatic nitrogens is 2. The maximum atomic E-state index is 12.9. The Bertz CT molecular complexity index is 852. The molecular formula is C16H18N4O4S. The van der Waals surface area contributed by atoms with Gasteiger partial charge in [0.15, 0.2) is 11.5 Å². The summed E-state index contributed by atoms with van der Waals surface area (Å²) >= 11 is 0. The Labute approximate surface area is 146 Å². The Kier molecular flexibility index (Phi) is 4.18. The fraction of sp³-hybridized carbons (Fsp3) is 0.375. The Morgan fingerprint density at radius 3 is 2.32 bits per heavy atom. The number of fused-ring (bicyclic) bond motifs is 1. The molecule has 0 aliphatic carbocycles. The molecular weight excluding hydrogens is 344 g/mol. The number of anilines is 1. The van der Waals surface area contributed by atoms with E-state index in [-0.39, 0.29) is 4.90 Å². The van der Waals surface area contributed by atoms with Crippen LogP contribution in [0, 0.1) is 0 Å². The van der Waals surface area contributed by atoms with E-state index in [1.165, 1.54) is 10.4 Å². The van der Waals surface area contributed by atoms with Crippen LogP contribution in [0.15, 0.2) is 41.6 Å². The average Bonchev–Trinajstić information content (AvgIpc) is 2.68. The third kappa shape index (κ3) is 3.12. The van der Waals surface area contributed by atoms with E-state index in [0.29, 0.717) is 56.8 Å². The van der Waals surface area contributed by atoms with E-state index in [4.69, 9.17) is 9.47 Å². The summed E-state index contributed by atoms with van der Waals surface area (Å²) in [6.07, 6.45) is 3.36. The first kappa shape index (κ1) is 16.1. The first-order valence-corrected chi connectivity index (χ1v) is 9.50. The minimum atomic E-state index is -3.57. The highest BCUT2D eigenvalue weighted by Crippen LogP contribution is 2.33. The van der Waals surface area contributed by atoms with Crippen molar-refractivity contribution >= 4 is 16.0 Å². The van der Waals surface area contributed by atoms with Gasteiger partial charge in [-0.3, -0.25) is 0 Å². The van der Waals surface area contributed by atoms with Crippen molar-refractivity contribution in [1.82, 2.24) is 14.3 Å². The van der Waals surface area contributed by atoms with Crippen molar-refractivity contribution in [3.05, 3.63) is 36.7 Å². The number of rotatable bonds is 3. The molecule has 1 saturated heterocycles. The second-order valence-corrected chi connectivity index (χ2v) is 7.68. The zero-order valence-electron chi connectivity index (χ0n) is 13.5. The number of nitrogens with zero attached hydrogens (tertiary/aromatic N) is 4. The summed E-state index contributed by atoms with van der Waals surface area (Å²) in [4.78, 5) is 10.6. The molecule has 8 nitrogen and oxygen atoms in total. The standard InChI is InChI=1S/C16H18N4O4S/c21-25(22,13-2-3-14-15(12-13)24-11-10-23-14)20-8-6-19(7-9-20)16-17-4-1-5-18-16/h1-5,12H,6-11H2. The number of hydrogen-bond acceptors (Lipinski definition) is 7. The number of sulfonamides is 1. The van der Waals surface area contributed by atoms with Gasteiger partial charge in [0.05, 0.1) is 4.90 Å². The zero-order chi connectivity index (χ0) is 17.3. The smallest absolute Gasteiger partial charge is 0.243 e. The Hall–Kier alpha value is -2.39. The fourth-order valence-electron chi connectivity index (χ4n) is 2.92. The van der Waals surface area contributed by atoms with Gasteiger partial charge in [-0.15, -0.1) is 0 Å². The molecule has 0 amide bonds. The molecule has 0 atom stereocenters. The molecule has 1 aromatic heterocycles. The van der Waals surface area contributed by atoms with Crippen LogP contribution in [0.4, 0.5) is 5.95 Å². The van der Waals surface area contributed by atoms with Gasteiger partial charge in [-0.05, 0) is 18.2 Å². The molecule has 0 bridgehead atoms. The highest BCUT2D eigenvalue weighted by molar-refractivity contribution is 7.89. The molecule has 132 valence electrons. The van der Waals surface area contributed by atoms with E-state index in [0.717, 1.165) is 0 Å². The molecule has 0 spiro atoms. The van der Waals surface area contributed by atoms with Crippen LogP contribution in [0.25, 0.3) is 0 Å². The summed E-state index contributed by atoms with van der Waals surface area (Å²) in [5, 5.41) is 0. The van der Waals surface area contributed by atoms with E-state index >= 15 is 0 Å². The van der Waals surface area contributed by atoms with Crippen LogP contribution >= 0.6 is 0 Å². The van der Waals surface area contributed by atoms with Gasteiger partial charge in [-0.2, -0.15) is 4.31 Å². The molecule has 0 saturated carbocycles. The highest BCUT2D eigenvalue weighted by Gasteiger charge is 2.30. The lowest BCUT2D eigenvalue weighted by molar-refractivity contribution is 0.171. The van der Waals surface area contributed by atoms with E-state index in [1.54, 1.807) is 30.6 Å². The predicted molar refractivity (Wildman–Crippen MR) is 90.4 cm³/mol. The summed E-state index contributed by atoms with van der Waals surface area (Å²) in [6, 6.07) is 6.51. The highest BCUT2D eigenvalue weighted by atomic mass is 32.2. The number of piperazine rings is 1. The van der Waals surface area contributed by atoms with Crippen LogP contribution in [-0.4, -0.2) is 62.1 Å². The van der Waals surface area contributed by atoms with Crippen molar-refractivity contribution in [1.29, 1.82) is 0 Å². The molecule has 0 unspecified atom stereocenters. The molecule has 3 heterocycles. The van der Waals surface area contributed by atoms with Gasteiger partial charge in [-0.25, -0.2) is 18.4 Å². The van der Waals surface area contributed by atoms with Gasteiger partial charge < -0.3 is 14.4 Å². The molecule has 1 aromatic carbocycles. The molecule has 2 aliphatic rings. The number of ether oxygens (including phenoxy) is 2. The summed E-state index contributed by atoms with van der Waals surface area (Å²) in [6.45, 7) is 2.76. The first-order chi connectivity index (χ1) is 12.1. The van der Waals surface area contributed by atoms with Crippen molar-refractivity contribution in [2.45, 2.75) is 4.90 Å². The Morgan fingerprint density at radius 1 is 0.920 bits per heavy atom. The molecule has 2 aromatic rings. The second kappa shape index (κ2) is 6.49. The Balaban J connectivity index is 1.50. The molecule has 0 N–H and O–H groups in total. The van der Waals surface area contributed by atoms with Gasteiger partial charge >= 0.3 is 0 Å². The third-order valence-electron chi connectivity index (χ3n) is 4.23. The lowest BCUT2D eigenvalue weighted by Crippen LogP contribution is -2.49. The van der Waals surface area contributed by atoms with Gasteiger partial charge in [0.1, 0.15) is 13.2 Å². The lowest BCUT2D eigenvalue weighted by Gasteiger charge is -2.34. The number of benzene rings is 1. The molecule has 9 heteroatoms. The Morgan fingerprint density at radius 2 is 1.60 bits per heavy atom. The van der Waals surface area contributed by atoms with Crippen molar-refractivity contribution in [3.63, 3.8) is 0 Å². The quantitative estimate of drug-likeness (QED) is 0.797. The monoisotopic (exact) mass is 362 g/mol. The maximum absolute atomic E-state index is 12.9. The lowest BCUT2D eigenvalue weighted by atomic mass is 10.3. The summed E-state index contributed by atoms with van der Waals surface area (Å²) < 4.78 is 38.2. The van der Waals surface area contributed by atoms with Crippen LogP contribution < -0.4 is 14.4 Å². The topological polar surface area (TPSA) is 84.9 Å². The van der Waals surface area contributed by atoms with E-state index < -0.39 is 10.0 Å². The maximum Gasteiger partial charge on any atom is 0.243 e. The fourth-order valence-corrected chi connectivity index (χ4v) is 4.35. The molecule has 1 fully saturated rings. The minimum absolute atomic E-state index is 0.223. The minimum Gasteiger partial charge on any atom is -0.486 e. The largest absolute Gasteiger partial charge is 0.486 e. The number of hydrogen-bond donors (Lipinski definition) is 0. The normalized spacial score (nSPS) is 18.2. The van der Waals surface area contributed by atoms with Crippen LogP contribution in [0.1, 0.15) is 0 Å². The first-order valence-electron chi connectivity index (χ1n) is 8.06. The van der Waals surface area contributed by atoms with Crippen molar-refractivity contribution < 1.29 is 17.9 Å². The molecule has 0 radical (unpaired) electrons. The van der Waals surface area contributed by atoms with E-state index in [9.17, 15) is 8.42 Å². The summed E-state index contributed by atoms with van der Waals surface area (Å²) in [5.41, 5.74) is 0. The van der Waals surface area contributed by atoms with Gasteiger partial charge in [0.2, 0.25) is 16.0 Å². The van der Waals surface area contributed by atoms with Crippen LogP contribution in [0.3, 0.4) is 0 Å². The second-order valence-electron chi connectivity index (χ2n) is 5.75. The third-order valence-corrected chi connectivity index (χ3v) is 6.12. The van der Waals surface area contributed by atoms with Gasteiger partial charge in [-0.1, -0.05) is 0 Å². The van der Waals surface area contributed by atoms with Gasteiger partial charge in [0.25, 0.3) is 0 Å².